The quantitative estimate of drug-likeness (QED) is 0.834. The van der Waals surface area contributed by atoms with E-state index in [1.165, 1.54) is 25.7 Å². The van der Waals surface area contributed by atoms with Crippen molar-refractivity contribution < 1.29 is 14.3 Å². The highest BCUT2D eigenvalue weighted by Crippen LogP contribution is 2.36. The molecular formula is C21H30N2O3. The lowest BCUT2D eigenvalue weighted by Gasteiger charge is -2.41. The number of carbonyl (C=O) groups excluding carboxylic acids is 2. The van der Waals surface area contributed by atoms with Gasteiger partial charge in [-0.15, -0.1) is 0 Å². The normalized spacial score (nSPS) is 23.1. The molecule has 1 N–H and O–H groups in total. The second kappa shape index (κ2) is 7.68. The van der Waals surface area contributed by atoms with Crippen molar-refractivity contribution in [1.82, 2.24) is 4.90 Å². The highest BCUT2D eigenvalue weighted by Gasteiger charge is 2.33. The number of rotatable bonds is 2. The molecule has 142 valence electrons. The number of hydrogen-bond donors (Lipinski definition) is 1. The molecule has 1 saturated carbocycles. The van der Waals surface area contributed by atoms with Gasteiger partial charge in [0.15, 0.2) is 0 Å². The average Bonchev–Trinajstić information content (AvgIpc) is 2.59. The van der Waals surface area contributed by atoms with E-state index in [-0.39, 0.29) is 5.91 Å². The average molecular weight is 358 g/mol. The van der Waals surface area contributed by atoms with Crippen molar-refractivity contribution in [1.29, 1.82) is 0 Å². The molecule has 0 unspecified atom stereocenters. The van der Waals surface area contributed by atoms with Crippen LogP contribution in [0.1, 0.15) is 63.2 Å². The summed E-state index contributed by atoms with van der Waals surface area (Å²) in [6.45, 7) is 7.22. The molecule has 2 aliphatic rings. The first-order valence-corrected chi connectivity index (χ1v) is 9.71. The number of likely N-dealkylation sites (tertiary alicyclic amines) is 1. The highest BCUT2D eigenvalue weighted by atomic mass is 16.6. The number of nitrogens with zero attached hydrogens (tertiary/aromatic N) is 1. The molecule has 2 atom stereocenters. The fourth-order valence-corrected chi connectivity index (χ4v) is 4.09. The van der Waals surface area contributed by atoms with E-state index < -0.39 is 11.7 Å². The van der Waals surface area contributed by atoms with Crippen LogP contribution in [-0.4, -0.2) is 35.6 Å². The van der Waals surface area contributed by atoms with Crippen LogP contribution in [0.25, 0.3) is 0 Å². The summed E-state index contributed by atoms with van der Waals surface area (Å²) in [5, 5.41) is 2.70. The second-order valence-corrected chi connectivity index (χ2v) is 8.55. The topological polar surface area (TPSA) is 58.6 Å². The first-order valence-electron chi connectivity index (χ1n) is 9.71. The predicted octanol–water partition coefficient (Wildman–Crippen LogP) is 4.69. The maximum atomic E-state index is 12.8. The monoisotopic (exact) mass is 358 g/mol. The molecule has 1 aliphatic heterocycles. The van der Waals surface area contributed by atoms with E-state index in [4.69, 9.17) is 4.74 Å². The lowest BCUT2D eigenvalue weighted by Crippen LogP contribution is -2.44. The maximum absolute atomic E-state index is 12.8. The van der Waals surface area contributed by atoms with Crippen LogP contribution in [0.15, 0.2) is 24.3 Å². The first kappa shape index (κ1) is 18.7. The Labute approximate surface area is 156 Å². The molecule has 3 rings (SSSR count). The summed E-state index contributed by atoms with van der Waals surface area (Å²) in [6, 6.07) is 7.07. The Morgan fingerprint density at radius 1 is 1.04 bits per heavy atom. The summed E-state index contributed by atoms with van der Waals surface area (Å²) in [7, 11) is 0. The highest BCUT2D eigenvalue weighted by molar-refractivity contribution is 5.95. The zero-order chi connectivity index (χ0) is 18.7. The Bertz CT molecular complexity index is 648. The van der Waals surface area contributed by atoms with Crippen LogP contribution in [0.3, 0.4) is 0 Å². The van der Waals surface area contributed by atoms with Gasteiger partial charge in [-0.3, -0.25) is 10.1 Å². The van der Waals surface area contributed by atoms with Crippen LogP contribution < -0.4 is 5.32 Å². The van der Waals surface area contributed by atoms with Crippen molar-refractivity contribution in [3.05, 3.63) is 29.8 Å². The molecule has 0 spiro atoms. The van der Waals surface area contributed by atoms with Gasteiger partial charge in [-0.25, -0.2) is 4.79 Å². The number of ether oxygens (including phenoxy) is 1. The molecule has 5 nitrogen and oxygen atoms in total. The first-order chi connectivity index (χ1) is 12.3. The molecule has 1 aromatic rings. The van der Waals surface area contributed by atoms with Gasteiger partial charge in [0.05, 0.1) is 0 Å². The zero-order valence-electron chi connectivity index (χ0n) is 16.1. The van der Waals surface area contributed by atoms with Gasteiger partial charge >= 0.3 is 6.09 Å². The number of benzene rings is 1. The van der Waals surface area contributed by atoms with Crippen LogP contribution in [0.2, 0.25) is 0 Å². The van der Waals surface area contributed by atoms with Gasteiger partial charge in [0.2, 0.25) is 0 Å². The largest absolute Gasteiger partial charge is 0.444 e. The van der Waals surface area contributed by atoms with E-state index >= 15 is 0 Å². The van der Waals surface area contributed by atoms with Crippen LogP contribution in [0.4, 0.5) is 10.5 Å². The van der Waals surface area contributed by atoms with Crippen molar-refractivity contribution in [2.75, 3.05) is 18.4 Å². The number of fused-ring (bicyclic) bond motifs is 1. The molecular weight excluding hydrogens is 328 g/mol. The molecule has 2 fully saturated rings. The van der Waals surface area contributed by atoms with E-state index in [0.717, 1.165) is 25.4 Å². The number of hydrogen-bond acceptors (Lipinski definition) is 3. The Morgan fingerprint density at radius 3 is 2.35 bits per heavy atom. The Balaban J connectivity index is 1.58. The molecule has 0 bridgehead atoms. The minimum Gasteiger partial charge on any atom is -0.444 e. The molecule has 0 aromatic heterocycles. The van der Waals surface area contributed by atoms with Crippen molar-refractivity contribution in [3.8, 4) is 0 Å². The molecule has 5 heteroatoms. The number of anilines is 1. The molecule has 26 heavy (non-hydrogen) atoms. The minimum absolute atomic E-state index is 0.0952. The van der Waals surface area contributed by atoms with Gasteiger partial charge in [-0.05, 0) is 69.7 Å². The Kier molecular flexibility index (Phi) is 5.54. The fraction of sp³-hybridized carbons (Fsp3) is 0.619. The number of amides is 2. The van der Waals surface area contributed by atoms with E-state index in [0.29, 0.717) is 17.2 Å². The summed E-state index contributed by atoms with van der Waals surface area (Å²) >= 11 is 0. The molecule has 1 aromatic carbocycles. The van der Waals surface area contributed by atoms with Crippen LogP contribution in [0, 0.1) is 11.8 Å². The summed E-state index contributed by atoms with van der Waals surface area (Å²) in [5.41, 5.74) is 0.765. The Morgan fingerprint density at radius 2 is 1.69 bits per heavy atom. The summed E-state index contributed by atoms with van der Waals surface area (Å²) in [4.78, 5) is 26.6. The second-order valence-electron chi connectivity index (χ2n) is 8.55. The summed E-state index contributed by atoms with van der Waals surface area (Å²) in [6.07, 6.45) is 5.88. The van der Waals surface area contributed by atoms with Gasteiger partial charge in [0.1, 0.15) is 5.60 Å². The van der Waals surface area contributed by atoms with Crippen LogP contribution in [0.5, 0.6) is 0 Å². The van der Waals surface area contributed by atoms with Crippen LogP contribution >= 0.6 is 0 Å². The molecule has 1 aliphatic carbocycles. The van der Waals surface area contributed by atoms with Gasteiger partial charge in [-0.1, -0.05) is 19.3 Å². The van der Waals surface area contributed by atoms with E-state index in [9.17, 15) is 9.59 Å². The van der Waals surface area contributed by atoms with Gasteiger partial charge in [0, 0.05) is 24.3 Å². The third-order valence-electron chi connectivity index (χ3n) is 5.36. The third kappa shape index (κ3) is 4.77. The molecule has 0 radical (unpaired) electrons. The van der Waals surface area contributed by atoms with E-state index in [1.807, 2.05) is 25.7 Å². The number of carbonyl (C=O) groups is 2. The Hall–Kier alpha value is -2.04. The number of piperidine rings is 1. The molecule has 1 saturated heterocycles. The van der Waals surface area contributed by atoms with Gasteiger partial charge < -0.3 is 9.64 Å². The zero-order valence-corrected chi connectivity index (χ0v) is 16.1. The summed E-state index contributed by atoms with van der Waals surface area (Å²) in [5.74, 6) is 1.58. The fourth-order valence-electron chi connectivity index (χ4n) is 4.09. The SMILES string of the molecule is CC(C)(C)OC(=O)Nc1ccc(C(=O)N2CC[C@H]3CCCC[C@@H]3C2)cc1. The van der Waals surface area contributed by atoms with Gasteiger partial charge in [-0.2, -0.15) is 0 Å². The lowest BCUT2D eigenvalue weighted by atomic mass is 9.75. The number of nitrogens with one attached hydrogen (secondary N) is 1. The van der Waals surface area contributed by atoms with E-state index in [1.54, 1.807) is 24.3 Å². The third-order valence-corrected chi connectivity index (χ3v) is 5.36. The predicted molar refractivity (Wildman–Crippen MR) is 102 cm³/mol. The van der Waals surface area contributed by atoms with E-state index in [2.05, 4.69) is 5.32 Å². The summed E-state index contributed by atoms with van der Waals surface area (Å²) < 4.78 is 5.24. The smallest absolute Gasteiger partial charge is 0.412 e. The van der Waals surface area contributed by atoms with Gasteiger partial charge in [0.25, 0.3) is 5.91 Å². The van der Waals surface area contributed by atoms with Crippen molar-refractivity contribution in [2.24, 2.45) is 11.8 Å². The lowest BCUT2D eigenvalue weighted by molar-refractivity contribution is 0.0520. The molecule has 2 amide bonds. The van der Waals surface area contributed by atoms with Crippen molar-refractivity contribution in [2.45, 2.75) is 58.5 Å². The standard InChI is InChI=1S/C21H30N2O3/c1-21(2,3)26-20(25)22-18-10-8-16(9-11-18)19(24)23-13-12-15-6-4-5-7-17(15)14-23/h8-11,15,17H,4-7,12-14H2,1-3H3,(H,22,25)/t15-,17-/m1/s1. The van der Waals surface area contributed by atoms with Crippen molar-refractivity contribution >= 4 is 17.7 Å². The molecule has 1 heterocycles. The minimum atomic E-state index is -0.536. The van der Waals surface area contributed by atoms with Crippen molar-refractivity contribution in [3.63, 3.8) is 0 Å². The van der Waals surface area contributed by atoms with Crippen LogP contribution in [-0.2, 0) is 4.74 Å². The maximum Gasteiger partial charge on any atom is 0.412 e.